The third kappa shape index (κ3) is 2.65. The van der Waals surface area contributed by atoms with Crippen LogP contribution in [-0.2, 0) is 16.6 Å². The SMILES string of the molecule is Cc1ccc(S(=O)(=O)N2CCCn3nccc32)cc1-c1cnc2c(N)ncnn12. The van der Waals surface area contributed by atoms with Gasteiger partial charge in [-0.2, -0.15) is 10.2 Å². The molecule has 1 aromatic carbocycles. The van der Waals surface area contributed by atoms with Gasteiger partial charge in [0.1, 0.15) is 12.1 Å². The zero-order valence-corrected chi connectivity index (χ0v) is 16.4. The summed E-state index contributed by atoms with van der Waals surface area (Å²) in [5.74, 6) is 0.836. The average molecular weight is 410 g/mol. The summed E-state index contributed by atoms with van der Waals surface area (Å²) in [5.41, 5.74) is 8.55. The molecular weight excluding hydrogens is 392 g/mol. The van der Waals surface area contributed by atoms with Crippen LogP contribution in [0.25, 0.3) is 16.9 Å². The molecule has 0 fully saturated rings. The number of nitrogens with two attached hydrogens (primary N) is 1. The second-order valence-electron chi connectivity index (χ2n) is 6.84. The minimum absolute atomic E-state index is 0.199. The monoisotopic (exact) mass is 410 g/mol. The molecule has 0 unspecified atom stereocenters. The van der Waals surface area contributed by atoms with Crippen LogP contribution >= 0.6 is 0 Å². The second kappa shape index (κ2) is 6.27. The molecule has 1 aliphatic heterocycles. The summed E-state index contributed by atoms with van der Waals surface area (Å²) in [6.07, 6.45) is 5.29. The van der Waals surface area contributed by atoms with Gasteiger partial charge < -0.3 is 5.73 Å². The first-order valence-electron chi connectivity index (χ1n) is 9.06. The Hall–Kier alpha value is -3.47. The fraction of sp³-hybridized carbons (Fsp3) is 0.222. The van der Waals surface area contributed by atoms with Gasteiger partial charge in [-0.25, -0.2) is 31.9 Å². The number of sulfonamides is 1. The highest BCUT2D eigenvalue weighted by molar-refractivity contribution is 7.92. The van der Waals surface area contributed by atoms with Crippen molar-refractivity contribution in [3.8, 4) is 11.3 Å². The molecule has 0 saturated heterocycles. The maximum absolute atomic E-state index is 13.4. The molecule has 4 aromatic rings. The minimum atomic E-state index is -3.75. The fourth-order valence-electron chi connectivity index (χ4n) is 3.61. The van der Waals surface area contributed by atoms with Crippen molar-refractivity contribution in [2.75, 3.05) is 16.6 Å². The molecule has 0 radical (unpaired) electrons. The zero-order chi connectivity index (χ0) is 20.2. The molecule has 148 valence electrons. The minimum Gasteiger partial charge on any atom is -0.381 e. The molecule has 0 atom stereocenters. The Morgan fingerprint density at radius 3 is 2.83 bits per heavy atom. The van der Waals surface area contributed by atoms with E-state index in [0.717, 1.165) is 5.56 Å². The van der Waals surface area contributed by atoms with E-state index in [1.807, 2.05) is 6.92 Å². The van der Waals surface area contributed by atoms with Crippen LogP contribution in [-0.4, -0.2) is 44.3 Å². The first kappa shape index (κ1) is 17.6. The standard InChI is InChI=1S/C18H18N8O2S/c1-12-3-4-13(29(27,28)25-8-2-7-24-16(25)5-6-22-24)9-14(12)15-10-20-18-17(19)21-11-23-26(15)18/h3-6,9-11H,2,7-8H2,1H3,(H2,19,21,23). The van der Waals surface area contributed by atoms with E-state index in [9.17, 15) is 8.42 Å². The van der Waals surface area contributed by atoms with Crippen LogP contribution in [0.4, 0.5) is 11.6 Å². The van der Waals surface area contributed by atoms with Crippen molar-refractivity contribution in [2.45, 2.75) is 24.8 Å². The van der Waals surface area contributed by atoms with Crippen molar-refractivity contribution in [1.82, 2.24) is 29.4 Å². The number of imidazole rings is 1. The lowest BCUT2D eigenvalue weighted by molar-refractivity contribution is 0.532. The van der Waals surface area contributed by atoms with Gasteiger partial charge in [0.25, 0.3) is 10.0 Å². The summed E-state index contributed by atoms with van der Waals surface area (Å²) in [7, 11) is -3.75. The number of hydrogen-bond acceptors (Lipinski definition) is 7. The molecule has 11 heteroatoms. The van der Waals surface area contributed by atoms with Gasteiger partial charge in [0.15, 0.2) is 11.5 Å². The number of aromatic nitrogens is 6. The quantitative estimate of drug-likeness (QED) is 0.542. The molecule has 0 amide bonds. The summed E-state index contributed by atoms with van der Waals surface area (Å²) in [6, 6.07) is 6.78. The molecule has 5 rings (SSSR count). The Kier molecular flexibility index (Phi) is 3.81. The van der Waals surface area contributed by atoms with Gasteiger partial charge in [0, 0.05) is 24.7 Å². The van der Waals surface area contributed by atoms with Crippen LogP contribution in [0.1, 0.15) is 12.0 Å². The van der Waals surface area contributed by atoms with Gasteiger partial charge in [-0.15, -0.1) is 0 Å². The first-order chi connectivity index (χ1) is 14.0. The molecular formula is C18H18N8O2S. The normalized spacial score (nSPS) is 14.3. The van der Waals surface area contributed by atoms with Crippen molar-refractivity contribution in [3.63, 3.8) is 0 Å². The summed E-state index contributed by atoms with van der Waals surface area (Å²) in [6.45, 7) is 3.03. The van der Waals surface area contributed by atoms with E-state index < -0.39 is 10.0 Å². The highest BCUT2D eigenvalue weighted by Gasteiger charge is 2.30. The Morgan fingerprint density at radius 2 is 1.97 bits per heavy atom. The van der Waals surface area contributed by atoms with E-state index in [1.165, 1.54) is 10.6 Å². The lowest BCUT2D eigenvalue weighted by atomic mass is 10.1. The topological polar surface area (TPSA) is 124 Å². The number of fused-ring (bicyclic) bond motifs is 2. The van der Waals surface area contributed by atoms with Crippen LogP contribution in [0.15, 0.2) is 47.9 Å². The van der Waals surface area contributed by atoms with Crippen molar-refractivity contribution in [1.29, 1.82) is 0 Å². The predicted molar refractivity (Wildman–Crippen MR) is 107 cm³/mol. The molecule has 0 aliphatic carbocycles. The van der Waals surface area contributed by atoms with E-state index in [2.05, 4.69) is 20.2 Å². The molecule has 29 heavy (non-hydrogen) atoms. The molecule has 2 N–H and O–H groups in total. The molecule has 4 heterocycles. The van der Waals surface area contributed by atoms with E-state index in [4.69, 9.17) is 5.73 Å². The van der Waals surface area contributed by atoms with E-state index in [1.54, 1.807) is 45.9 Å². The largest absolute Gasteiger partial charge is 0.381 e. The van der Waals surface area contributed by atoms with Gasteiger partial charge in [-0.1, -0.05) is 6.07 Å². The number of rotatable bonds is 3. The fourth-order valence-corrected chi connectivity index (χ4v) is 5.15. The van der Waals surface area contributed by atoms with Crippen LogP contribution < -0.4 is 10.0 Å². The van der Waals surface area contributed by atoms with Gasteiger partial charge in [0.05, 0.1) is 23.0 Å². The predicted octanol–water partition coefficient (Wildman–Crippen LogP) is 1.48. The molecule has 0 saturated carbocycles. The van der Waals surface area contributed by atoms with Crippen molar-refractivity contribution in [2.24, 2.45) is 0 Å². The van der Waals surface area contributed by atoms with Crippen LogP contribution in [0.5, 0.6) is 0 Å². The van der Waals surface area contributed by atoms with Gasteiger partial charge in [-0.05, 0) is 31.0 Å². The zero-order valence-electron chi connectivity index (χ0n) is 15.6. The third-order valence-corrected chi connectivity index (χ3v) is 6.88. The number of hydrogen-bond donors (Lipinski definition) is 1. The number of anilines is 2. The number of benzene rings is 1. The van der Waals surface area contributed by atoms with Gasteiger partial charge >= 0.3 is 0 Å². The lowest BCUT2D eigenvalue weighted by Crippen LogP contribution is -2.37. The van der Waals surface area contributed by atoms with Crippen LogP contribution in [0.2, 0.25) is 0 Å². The summed E-state index contributed by atoms with van der Waals surface area (Å²) in [5, 5.41) is 8.42. The van der Waals surface area contributed by atoms with Crippen molar-refractivity contribution in [3.05, 3.63) is 48.5 Å². The molecule has 0 bridgehead atoms. The van der Waals surface area contributed by atoms with E-state index in [0.29, 0.717) is 42.2 Å². The Morgan fingerprint density at radius 1 is 1.10 bits per heavy atom. The molecule has 3 aromatic heterocycles. The van der Waals surface area contributed by atoms with Gasteiger partial charge in [-0.3, -0.25) is 0 Å². The maximum atomic E-state index is 13.4. The molecule has 10 nitrogen and oxygen atoms in total. The number of nitrogens with zero attached hydrogens (tertiary/aromatic N) is 7. The highest BCUT2D eigenvalue weighted by Crippen LogP contribution is 2.31. The smallest absolute Gasteiger partial charge is 0.265 e. The first-order valence-corrected chi connectivity index (χ1v) is 10.5. The Bertz CT molecular complexity index is 1340. The lowest BCUT2D eigenvalue weighted by Gasteiger charge is -2.28. The number of nitrogen functional groups attached to an aromatic ring is 1. The van der Waals surface area contributed by atoms with E-state index in [-0.39, 0.29) is 10.7 Å². The average Bonchev–Trinajstić information content (AvgIpc) is 3.35. The summed E-state index contributed by atoms with van der Waals surface area (Å²) in [4.78, 5) is 8.42. The van der Waals surface area contributed by atoms with Gasteiger partial charge in [0.2, 0.25) is 0 Å². The van der Waals surface area contributed by atoms with Crippen molar-refractivity contribution < 1.29 is 8.42 Å². The number of aryl methyl sites for hydroxylation is 2. The molecule has 1 aliphatic rings. The second-order valence-corrected chi connectivity index (χ2v) is 8.71. The molecule has 0 spiro atoms. The van der Waals surface area contributed by atoms with Crippen LogP contribution in [0, 0.1) is 6.92 Å². The summed E-state index contributed by atoms with van der Waals surface area (Å²) < 4.78 is 31.5. The van der Waals surface area contributed by atoms with Crippen LogP contribution in [0.3, 0.4) is 0 Å². The van der Waals surface area contributed by atoms with Crippen molar-refractivity contribution >= 4 is 27.3 Å². The highest BCUT2D eigenvalue weighted by atomic mass is 32.2. The Balaban J connectivity index is 1.64. The Labute approximate surface area is 166 Å². The van der Waals surface area contributed by atoms with E-state index >= 15 is 0 Å². The maximum Gasteiger partial charge on any atom is 0.265 e. The summed E-state index contributed by atoms with van der Waals surface area (Å²) >= 11 is 0. The third-order valence-electron chi connectivity index (χ3n) is 5.08.